The monoisotopic (exact) mass is 294 g/mol. The van der Waals surface area contributed by atoms with Gasteiger partial charge in [-0.3, -0.25) is 4.79 Å². The Bertz CT molecular complexity index is 390. The topological polar surface area (TPSA) is 87.2 Å². The summed E-state index contributed by atoms with van der Waals surface area (Å²) in [5.41, 5.74) is 0. The SMILES string of the molecule is COC(=O)CCN(C)S(=O)(=O)N1CCC(CO)CC1. The van der Waals surface area contributed by atoms with Gasteiger partial charge in [-0.05, 0) is 18.8 Å². The van der Waals surface area contributed by atoms with E-state index in [1.54, 1.807) is 0 Å². The van der Waals surface area contributed by atoms with Crippen LogP contribution in [0.1, 0.15) is 19.3 Å². The Labute approximate surface area is 114 Å². The Balaban J connectivity index is 2.53. The lowest BCUT2D eigenvalue weighted by atomic mass is 10.00. The average molecular weight is 294 g/mol. The van der Waals surface area contributed by atoms with Gasteiger partial charge in [-0.2, -0.15) is 17.0 Å². The number of rotatable bonds is 6. The highest BCUT2D eigenvalue weighted by molar-refractivity contribution is 7.86. The summed E-state index contributed by atoms with van der Waals surface area (Å²) in [4.78, 5) is 11.0. The molecule has 0 bridgehead atoms. The smallest absolute Gasteiger partial charge is 0.306 e. The minimum atomic E-state index is -3.52. The summed E-state index contributed by atoms with van der Waals surface area (Å²) in [6.45, 7) is 1.03. The van der Waals surface area contributed by atoms with E-state index in [4.69, 9.17) is 5.11 Å². The van der Waals surface area contributed by atoms with Gasteiger partial charge in [-0.1, -0.05) is 0 Å². The molecular weight excluding hydrogens is 272 g/mol. The van der Waals surface area contributed by atoms with Gasteiger partial charge < -0.3 is 9.84 Å². The third-order valence-electron chi connectivity index (χ3n) is 3.41. The molecule has 1 heterocycles. The molecule has 112 valence electrons. The van der Waals surface area contributed by atoms with Crippen LogP contribution in [0.2, 0.25) is 0 Å². The number of esters is 1. The van der Waals surface area contributed by atoms with E-state index in [-0.39, 0.29) is 25.5 Å². The predicted octanol–water partition coefficient (Wildman–Crippen LogP) is -0.570. The van der Waals surface area contributed by atoms with Crippen LogP contribution in [-0.2, 0) is 19.7 Å². The van der Waals surface area contributed by atoms with Crippen LogP contribution in [0.15, 0.2) is 0 Å². The average Bonchev–Trinajstić information content (AvgIpc) is 2.44. The summed E-state index contributed by atoms with van der Waals surface area (Å²) < 4.78 is 31.5. The highest BCUT2D eigenvalue weighted by atomic mass is 32.2. The molecule has 1 aliphatic rings. The van der Waals surface area contributed by atoms with Crippen molar-refractivity contribution in [1.29, 1.82) is 0 Å². The Morgan fingerprint density at radius 3 is 2.47 bits per heavy atom. The van der Waals surface area contributed by atoms with Crippen molar-refractivity contribution in [2.75, 3.05) is 40.4 Å². The van der Waals surface area contributed by atoms with Gasteiger partial charge in [-0.15, -0.1) is 0 Å². The second-order valence-corrected chi connectivity index (χ2v) is 6.72. The van der Waals surface area contributed by atoms with Gasteiger partial charge >= 0.3 is 5.97 Å². The number of carbonyl (C=O) groups is 1. The van der Waals surface area contributed by atoms with Crippen LogP contribution >= 0.6 is 0 Å². The Morgan fingerprint density at radius 2 is 2.00 bits per heavy atom. The van der Waals surface area contributed by atoms with Crippen molar-refractivity contribution in [2.24, 2.45) is 5.92 Å². The molecule has 0 aromatic carbocycles. The fourth-order valence-electron chi connectivity index (χ4n) is 1.99. The highest BCUT2D eigenvalue weighted by Gasteiger charge is 2.30. The van der Waals surface area contributed by atoms with Crippen LogP contribution < -0.4 is 0 Å². The molecule has 7 nitrogen and oxygen atoms in total. The zero-order chi connectivity index (χ0) is 14.5. The molecule has 8 heteroatoms. The van der Waals surface area contributed by atoms with Crippen molar-refractivity contribution in [1.82, 2.24) is 8.61 Å². The summed E-state index contributed by atoms with van der Waals surface area (Å²) in [7, 11) is -0.791. The van der Waals surface area contributed by atoms with Crippen LogP contribution in [-0.4, -0.2) is 68.5 Å². The molecule has 0 amide bonds. The highest BCUT2D eigenvalue weighted by Crippen LogP contribution is 2.20. The molecule has 0 unspecified atom stereocenters. The minimum Gasteiger partial charge on any atom is -0.469 e. The van der Waals surface area contributed by atoms with Gasteiger partial charge in [0, 0.05) is 33.3 Å². The molecule has 0 atom stereocenters. The van der Waals surface area contributed by atoms with Gasteiger partial charge in [-0.25, -0.2) is 0 Å². The summed E-state index contributed by atoms with van der Waals surface area (Å²) in [6, 6.07) is 0. The fourth-order valence-corrected chi connectivity index (χ4v) is 3.37. The lowest BCUT2D eigenvalue weighted by Gasteiger charge is -2.33. The van der Waals surface area contributed by atoms with E-state index in [0.29, 0.717) is 25.9 Å². The molecular formula is C11H22N2O5S. The third-order valence-corrected chi connectivity index (χ3v) is 5.40. The van der Waals surface area contributed by atoms with Crippen molar-refractivity contribution >= 4 is 16.2 Å². The maximum absolute atomic E-state index is 12.2. The molecule has 0 spiro atoms. The summed E-state index contributed by atoms with van der Waals surface area (Å²) in [6.07, 6.45) is 1.38. The van der Waals surface area contributed by atoms with Gasteiger partial charge in [0.2, 0.25) is 0 Å². The molecule has 0 saturated carbocycles. The first-order valence-corrected chi connectivity index (χ1v) is 7.70. The molecule has 0 radical (unpaired) electrons. The fraction of sp³-hybridized carbons (Fsp3) is 0.909. The van der Waals surface area contributed by atoms with Gasteiger partial charge in [0.1, 0.15) is 0 Å². The normalized spacial score (nSPS) is 18.7. The lowest BCUT2D eigenvalue weighted by molar-refractivity contribution is -0.140. The van der Waals surface area contributed by atoms with Crippen molar-refractivity contribution in [2.45, 2.75) is 19.3 Å². The van der Waals surface area contributed by atoms with E-state index in [1.165, 1.54) is 22.8 Å². The van der Waals surface area contributed by atoms with Crippen molar-refractivity contribution < 1.29 is 23.1 Å². The maximum atomic E-state index is 12.2. The number of ether oxygens (including phenoxy) is 1. The summed E-state index contributed by atoms with van der Waals surface area (Å²) in [5, 5.41) is 9.03. The molecule has 1 fully saturated rings. The Morgan fingerprint density at radius 1 is 1.42 bits per heavy atom. The Hall–Kier alpha value is -0.700. The number of methoxy groups -OCH3 is 1. The number of aliphatic hydroxyl groups is 1. The molecule has 1 aliphatic heterocycles. The molecule has 0 aliphatic carbocycles. The molecule has 0 aromatic rings. The van der Waals surface area contributed by atoms with E-state index in [0.717, 1.165) is 0 Å². The third kappa shape index (κ3) is 4.41. The largest absolute Gasteiger partial charge is 0.469 e. The number of carbonyl (C=O) groups excluding carboxylic acids is 1. The summed E-state index contributed by atoms with van der Waals surface area (Å²) in [5.74, 6) is -0.243. The van der Waals surface area contributed by atoms with Crippen LogP contribution in [0.25, 0.3) is 0 Å². The Kier molecular flexibility index (Phi) is 6.18. The minimum absolute atomic E-state index is 0.0410. The number of piperidine rings is 1. The van der Waals surface area contributed by atoms with Crippen LogP contribution in [0.5, 0.6) is 0 Å². The number of hydrogen-bond donors (Lipinski definition) is 1. The first kappa shape index (κ1) is 16.4. The lowest BCUT2D eigenvalue weighted by Crippen LogP contribution is -2.46. The van der Waals surface area contributed by atoms with Crippen LogP contribution in [0.4, 0.5) is 0 Å². The molecule has 1 saturated heterocycles. The second-order valence-electron chi connectivity index (χ2n) is 4.68. The van der Waals surface area contributed by atoms with E-state index in [1.807, 2.05) is 0 Å². The number of aliphatic hydroxyl groups excluding tert-OH is 1. The zero-order valence-corrected chi connectivity index (χ0v) is 12.2. The van der Waals surface area contributed by atoms with Crippen molar-refractivity contribution in [3.63, 3.8) is 0 Å². The predicted molar refractivity (Wildman–Crippen MR) is 69.6 cm³/mol. The molecule has 1 rings (SSSR count). The van der Waals surface area contributed by atoms with Crippen LogP contribution in [0, 0.1) is 5.92 Å². The summed E-state index contributed by atoms with van der Waals surface area (Å²) >= 11 is 0. The van der Waals surface area contributed by atoms with Crippen molar-refractivity contribution in [3.05, 3.63) is 0 Å². The van der Waals surface area contributed by atoms with E-state index >= 15 is 0 Å². The quantitative estimate of drug-likeness (QED) is 0.663. The number of nitrogens with zero attached hydrogens (tertiary/aromatic N) is 2. The molecule has 19 heavy (non-hydrogen) atoms. The standard InChI is InChI=1S/C11H22N2O5S/c1-12(6-5-11(15)18-2)19(16,17)13-7-3-10(9-14)4-8-13/h10,14H,3-9H2,1-2H3. The van der Waals surface area contributed by atoms with E-state index in [2.05, 4.69) is 4.74 Å². The van der Waals surface area contributed by atoms with Crippen molar-refractivity contribution in [3.8, 4) is 0 Å². The first-order valence-electron chi connectivity index (χ1n) is 6.31. The molecule has 1 N–H and O–H groups in total. The van der Waals surface area contributed by atoms with Crippen LogP contribution in [0.3, 0.4) is 0 Å². The molecule has 0 aromatic heterocycles. The van der Waals surface area contributed by atoms with Gasteiger partial charge in [0.25, 0.3) is 10.2 Å². The zero-order valence-electron chi connectivity index (χ0n) is 11.4. The second kappa shape index (κ2) is 7.18. The maximum Gasteiger partial charge on any atom is 0.306 e. The first-order chi connectivity index (χ1) is 8.91. The van der Waals surface area contributed by atoms with Gasteiger partial charge in [0.05, 0.1) is 13.5 Å². The van der Waals surface area contributed by atoms with E-state index in [9.17, 15) is 13.2 Å². The van der Waals surface area contributed by atoms with E-state index < -0.39 is 16.2 Å². The van der Waals surface area contributed by atoms with Gasteiger partial charge in [0.15, 0.2) is 0 Å². The number of hydrogen-bond acceptors (Lipinski definition) is 5.